The van der Waals surface area contributed by atoms with Crippen molar-refractivity contribution in [3.63, 3.8) is 0 Å². The molecule has 4 heteroatoms. The Labute approximate surface area is 125 Å². The molecule has 21 heavy (non-hydrogen) atoms. The van der Waals surface area contributed by atoms with Gasteiger partial charge >= 0.3 is 0 Å². The number of carbonyl (C=O) groups is 1. The number of hydrogen-bond acceptors (Lipinski definition) is 3. The van der Waals surface area contributed by atoms with E-state index < -0.39 is 0 Å². The molecule has 3 N–H and O–H groups in total. The molecule has 1 amide bonds. The van der Waals surface area contributed by atoms with Gasteiger partial charge in [0.15, 0.2) is 0 Å². The van der Waals surface area contributed by atoms with E-state index in [-0.39, 0.29) is 11.9 Å². The van der Waals surface area contributed by atoms with Crippen LogP contribution in [0.4, 0.5) is 11.4 Å². The zero-order chi connectivity index (χ0) is 15.2. The van der Waals surface area contributed by atoms with Gasteiger partial charge in [-0.3, -0.25) is 9.69 Å². The minimum absolute atomic E-state index is 0.0426. The first-order valence-corrected chi connectivity index (χ1v) is 6.97. The molecule has 0 aliphatic carbocycles. The van der Waals surface area contributed by atoms with Crippen molar-refractivity contribution in [1.29, 1.82) is 0 Å². The standard InChI is InChI=1S/C17H21N3O/c1-13(20(2)12-14-7-4-3-5-8-14)17(21)19-16-10-6-9-15(18)11-16/h3-11,13H,12,18H2,1-2H3,(H,19,21). The number of nitrogens with two attached hydrogens (primary N) is 1. The maximum absolute atomic E-state index is 12.3. The van der Waals surface area contributed by atoms with Gasteiger partial charge in [-0.2, -0.15) is 0 Å². The van der Waals surface area contributed by atoms with E-state index in [0.29, 0.717) is 5.69 Å². The van der Waals surface area contributed by atoms with E-state index in [2.05, 4.69) is 17.4 Å². The van der Waals surface area contributed by atoms with Gasteiger partial charge in [0.1, 0.15) is 0 Å². The topological polar surface area (TPSA) is 58.4 Å². The first-order valence-electron chi connectivity index (χ1n) is 6.97. The second kappa shape index (κ2) is 6.90. The highest BCUT2D eigenvalue weighted by molar-refractivity contribution is 5.94. The molecule has 0 bridgehead atoms. The summed E-state index contributed by atoms with van der Waals surface area (Å²) < 4.78 is 0. The lowest BCUT2D eigenvalue weighted by Crippen LogP contribution is -2.39. The number of carbonyl (C=O) groups excluding carboxylic acids is 1. The fourth-order valence-corrected chi connectivity index (χ4v) is 2.07. The van der Waals surface area contributed by atoms with Crippen LogP contribution in [0.25, 0.3) is 0 Å². The van der Waals surface area contributed by atoms with Crippen LogP contribution in [-0.4, -0.2) is 23.9 Å². The molecule has 0 aromatic heterocycles. The van der Waals surface area contributed by atoms with Crippen LogP contribution in [0, 0.1) is 0 Å². The summed E-state index contributed by atoms with van der Waals surface area (Å²) in [5.74, 6) is -0.0426. The van der Waals surface area contributed by atoms with Crippen LogP contribution in [0.15, 0.2) is 54.6 Å². The number of nitrogens with one attached hydrogen (secondary N) is 1. The van der Waals surface area contributed by atoms with E-state index in [9.17, 15) is 4.79 Å². The van der Waals surface area contributed by atoms with E-state index >= 15 is 0 Å². The van der Waals surface area contributed by atoms with Crippen molar-refractivity contribution in [1.82, 2.24) is 4.90 Å². The molecule has 0 radical (unpaired) electrons. The summed E-state index contributed by atoms with van der Waals surface area (Å²) in [5.41, 5.74) is 8.25. The second-order valence-electron chi connectivity index (χ2n) is 5.19. The summed E-state index contributed by atoms with van der Waals surface area (Å²) >= 11 is 0. The van der Waals surface area contributed by atoms with Crippen molar-refractivity contribution in [3.05, 3.63) is 60.2 Å². The van der Waals surface area contributed by atoms with Crippen LogP contribution < -0.4 is 11.1 Å². The molecule has 2 aromatic rings. The molecule has 2 rings (SSSR count). The third-order valence-electron chi connectivity index (χ3n) is 3.47. The Morgan fingerprint density at radius 2 is 1.90 bits per heavy atom. The van der Waals surface area contributed by atoms with E-state index in [0.717, 1.165) is 12.2 Å². The molecule has 0 heterocycles. The smallest absolute Gasteiger partial charge is 0.241 e. The fraction of sp³-hybridized carbons (Fsp3) is 0.235. The number of rotatable bonds is 5. The average molecular weight is 283 g/mol. The highest BCUT2D eigenvalue weighted by atomic mass is 16.2. The SMILES string of the molecule is CC(C(=O)Nc1cccc(N)c1)N(C)Cc1ccccc1. The van der Waals surface area contributed by atoms with Crippen LogP contribution in [-0.2, 0) is 11.3 Å². The van der Waals surface area contributed by atoms with Crippen LogP contribution in [0.5, 0.6) is 0 Å². The summed E-state index contributed by atoms with van der Waals surface area (Å²) in [6.07, 6.45) is 0. The van der Waals surface area contributed by atoms with Crippen molar-refractivity contribution in [2.75, 3.05) is 18.1 Å². The molecular formula is C17H21N3O. The number of amides is 1. The first kappa shape index (κ1) is 15.1. The molecule has 0 aliphatic rings. The van der Waals surface area contributed by atoms with Gasteiger partial charge in [-0.1, -0.05) is 36.4 Å². The lowest BCUT2D eigenvalue weighted by molar-refractivity contribution is -0.120. The summed E-state index contributed by atoms with van der Waals surface area (Å²) in [6.45, 7) is 2.62. The number of nitrogen functional groups attached to an aromatic ring is 1. The molecule has 1 unspecified atom stereocenters. The third-order valence-corrected chi connectivity index (χ3v) is 3.47. The Morgan fingerprint density at radius 1 is 1.19 bits per heavy atom. The molecule has 110 valence electrons. The van der Waals surface area contributed by atoms with Gasteiger partial charge in [0.25, 0.3) is 0 Å². The summed E-state index contributed by atoms with van der Waals surface area (Å²) in [6, 6.07) is 17.1. The zero-order valence-corrected chi connectivity index (χ0v) is 12.4. The van der Waals surface area contributed by atoms with Gasteiger partial charge in [0, 0.05) is 17.9 Å². The first-order chi connectivity index (χ1) is 10.1. The lowest BCUT2D eigenvalue weighted by atomic mass is 10.2. The van der Waals surface area contributed by atoms with Crippen molar-refractivity contribution in [2.24, 2.45) is 0 Å². The Bertz CT molecular complexity index is 598. The van der Waals surface area contributed by atoms with Gasteiger partial charge in [0.2, 0.25) is 5.91 Å². The van der Waals surface area contributed by atoms with Crippen molar-refractivity contribution < 1.29 is 4.79 Å². The number of likely N-dealkylation sites (N-methyl/N-ethyl adjacent to an activating group) is 1. The molecule has 0 saturated carbocycles. The Kier molecular flexibility index (Phi) is 4.95. The van der Waals surface area contributed by atoms with Crippen molar-refractivity contribution >= 4 is 17.3 Å². The maximum Gasteiger partial charge on any atom is 0.241 e. The van der Waals surface area contributed by atoms with Gasteiger partial charge in [0.05, 0.1) is 6.04 Å². The van der Waals surface area contributed by atoms with Crippen molar-refractivity contribution in [3.8, 4) is 0 Å². The third kappa shape index (κ3) is 4.33. The maximum atomic E-state index is 12.3. The average Bonchev–Trinajstić information content (AvgIpc) is 2.47. The molecule has 0 fully saturated rings. The monoisotopic (exact) mass is 283 g/mol. The predicted octanol–water partition coefficient (Wildman–Crippen LogP) is 2.73. The Balaban J connectivity index is 1.95. The predicted molar refractivity (Wildman–Crippen MR) is 86.9 cm³/mol. The Hall–Kier alpha value is -2.33. The fourth-order valence-electron chi connectivity index (χ4n) is 2.07. The zero-order valence-electron chi connectivity index (χ0n) is 12.4. The number of nitrogens with zero attached hydrogens (tertiary/aromatic N) is 1. The van der Waals surface area contributed by atoms with Crippen LogP contribution in [0.1, 0.15) is 12.5 Å². The minimum Gasteiger partial charge on any atom is -0.399 e. The molecule has 0 aliphatic heterocycles. The van der Waals surface area contributed by atoms with Crippen LogP contribution in [0.3, 0.4) is 0 Å². The molecule has 1 atom stereocenters. The van der Waals surface area contributed by atoms with Gasteiger partial charge in [-0.15, -0.1) is 0 Å². The summed E-state index contributed by atoms with van der Waals surface area (Å²) in [5, 5.41) is 2.89. The van der Waals surface area contributed by atoms with Gasteiger partial charge in [-0.05, 0) is 37.7 Å². The Morgan fingerprint density at radius 3 is 2.57 bits per heavy atom. The lowest BCUT2D eigenvalue weighted by Gasteiger charge is -2.24. The largest absolute Gasteiger partial charge is 0.399 e. The molecule has 0 spiro atoms. The molecule has 0 saturated heterocycles. The summed E-state index contributed by atoms with van der Waals surface area (Å²) in [4.78, 5) is 14.3. The van der Waals surface area contributed by atoms with Crippen molar-refractivity contribution in [2.45, 2.75) is 19.5 Å². The molecule has 4 nitrogen and oxygen atoms in total. The summed E-state index contributed by atoms with van der Waals surface area (Å²) in [7, 11) is 1.94. The van der Waals surface area contributed by atoms with E-state index in [4.69, 9.17) is 5.73 Å². The van der Waals surface area contributed by atoms with Crippen LogP contribution >= 0.6 is 0 Å². The quantitative estimate of drug-likeness (QED) is 0.830. The number of hydrogen-bond donors (Lipinski definition) is 2. The number of benzene rings is 2. The van der Waals surface area contributed by atoms with Crippen LogP contribution in [0.2, 0.25) is 0 Å². The van der Waals surface area contributed by atoms with E-state index in [1.54, 1.807) is 12.1 Å². The molecular weight excluding hydrogens is 262 g/mol. The van der Waals surface area contributed by atoms with E-state index in [1.807, 2.05) is 49.2 Å². The molecule has 2 aromatic carbocycles. The second-order valence-corrected chi connectivity index (χ2v) is 5.19. The highest BCUT2D eigenvalue weighted by Crippen LogP contribution is 2.13. The van der Waals surface area contributed by atoms with Gasteiger partial charge < -0.3 is 11.1 Å². The van der Waals surface area contributed by atoms with Gasteiger partial charge in [-0.25, -0.2) is 0 Å². The normalized spacial score (nSPS) is 12.1. The number of anilines is 2. The van der Waals surface area contributed by atoms with E-state index in [1.165, 1.54) is 5.56 Å². The highest BCUT2D eigenvalue weighted by Gasteiger charge is 2.18. The minimum atomic E-state index is -0.230.